The number of thioether (sulfide) groups is 1. The second-order valence-corrected chi connectivity index (χ2v) is 6.59. The van der Waals surface area contributed by atoms with Gasteiger partial charge in [0, 0.05) is 11.8 Å². The number of aromatic amines is 1. The molecular weight excluding hydrogens is 355 g/mol. The van der Waals surface area contributed by atoms with Gasteiger partial charge in [-0.2, -0.15) is 0 Å². The van der Waals surface area contributed by atoms with Gasteiger partial charge >= 0.3 is 0 Å². The lowest BCUT2D eigenvalue weighted by Crippen LogP contribution is -2.24. The first kappa shape index (κ1) is 19.0. The summed E-state index contributed by atoms with van der Waals surface area (Å²) in [5.74, 6) is -5.11. The maximum atomic E-state index is 13.6. The van der Waals surface area contributed by atoms with Crippen molar-refractivity contribution in [2.24, 2.45) is 0 Å². The monoisotopic (exact) mass is 371 g/mol. The fraction of sp³-hybridized carbons (Fsp3) is 0.312. The quantitative estimate of drug-likeness (QED) is 0.464. The highest BCUT2D eigenvalue weighted by atomic mass is 32.2. The van der Waals surface area contributed by atoms with Gasteiger partial charge in [-0.3, -0.25) is 9.59 Å². The van der Waals surface area contributed by atoms with Crippen LogP contribution in [0.2, 0.25) is 0 Å². The van der Waals surface area contributed by atoms with Gasteiger partial charge in [-0.25, -0.2) is 18.2 Å². The zero-order valence-corrected chi connectivity index (χ0v) is 14.3. The van der Waals surface area contributed by atoms with Gasteiger partial charge < -0.3 is 10.3 Å². The van der Waals surface area contributed by atoms with Crippen molar-refractivity contribution in [2.45, 2.75) is 37.1 Å². The molecule has 0 unspecified atom stereocenters. The predicted octanol–water partition coefficient (Wildman–Crippen LogP) is 3.26. The molecule has 1 aromatic heterocycles. The standard InChI is InChI=1S/C16H16F3N3O2S/c1-3-4-9-7-12(23)22-16(20-9)25-8(2)15(24)21-11-6-5-10(17)13(18)14(11)19/h5-8H,3-4H2,1-2H3,(H,21,24)(H,20,22,23)/t8-/m1/s1. The van der Waals surface area contributed by atoms with Crippen molar-refractivity contribution in [1.82, 2.24) is 9.97 Å². The molecule has 0 saturated carbocycles. The van der Waals surface area contributed by atoms with Crippen LogP contribution in [0.5, 0.6) is 0 Å². The number of nitrogens with zero attached hydrogens (tertiary/aromatic N) is 1. The summed E-state index contributed by atoms with van der Waals surface area (Å²) in [6.07, 6.45) is 1.43. The fourth-order valence-electron chi connectivity index (χ4n) is 2.00. The highest BCUT2D eigenvalue weighted by molar-refractivity contribution is 8.00. The van der Waals surface area contributed by atoms with Gasteiger partial charge in [0.05, 0.1) is 10.9 Å². The van der Waals surface area contributed by atoms with E-state index >= 15 is 0 Å². The van der Waals surface area contributed by atoms with Crippen LogP contribution in [0.25, 0.3) is 0 Å². The number of aryl methyl sites for hydroxylation is 1. The Hall–Kier alpha value is -2.29. The molecule has 0 saturated heterocycles. The maximum absolute atomic E-state index is 13.6. The van der Waals surface area contributed by atoms with Gasteiger partial charge in [0.1, 0.15) is 0 Å². The Bertz CT molecular complexity index is 842. The molecule has 2 N–H and O–H groups in total. The summed E-state index contributed by atoms with van der Waals surface area (Å²) in [7, 11) is 0. The summed E-state index contributed by atoms with van der Waals surface area (Å²) < 4.78 is 39.7. The van der Waals surface area contributed by atoms with E-state index in [0.717, 1.165) is 30.3 Å². The van der Waals surface area contributed by atoms with Gasteiger partial charge in [0.2, 0.25) is 5.91 Å². The minimum atomic E-state index is -1.66. The topological polar surface area (TPSA) is 74.8 Å². The Morgan fingerprint density at radius 3 is 2.72 bits per heavy atom. The highest BCUT2D eigenvalue weighted by Gasteiger charge is 2.20. The van der Waals surface area contributed by atoms with Gasteiger partial charge in [0.15, 0.2) is 22.6 Å². The van der Waals surface area contributed by atoms with E-state index in [9.17, 15) is 22.8 Å². The molecule has 0 aliphatic heterocycles. The van der Waals surface area contributed by atoms with E-state index in [-0.39, 0.29) is 10.7 Å². The molecule has 1 amide bonds. The van der Waals surface area contributed by atoms with Crippen LogP contribution in [-0.4, -0.2) is 21.1 Å². The fourth-order valence-corrected chi connectivity index (χ4v) is 2.83. The van der Waals surface area contributed by atoms with Crippen molar-refractivity contribution >= 4 is 23.4 Å². The van der Waals surface area contributed by atoms with Crippen molar-refractivity contribution in [1.29, 1.82) is 0 Å². The van der Waals surface area contributed by atoms with Crippen molar-refractivity contribution in [3.8, 4) is 0 Å². The lowest BCUT2D eigenvalue weighted by molar-refractivity contribution is -0.115. The number of nitrogens with one attached hydrogen (secondary N) is 2. The van der Waals surface area contributed by atoms with E-state index in [2.05, 4.69) is 15.3 Å². The SMILES string of the molecule is CCCc1cc(=O)[nH]c(S[C@H](C)C(=O)Nc2ccc(F)c(F)c2F)n1. The summed E-state index contributed by atoms with van der Waals surface area (Å²) in [6.45, 7) is 3.46. The molecule has 0 radical (unpaired) electrons. The number of H-pyrrole nitrogens is 1. The molecule has 134 valence electrons. The summed E-state index contributed by atoms with van der Waals surface area (Å²) in [4.78, 5) is 30.5. The first-order valence-electron chi connectivity index (χ1n) is 7.53. The normalized spacial score (nSPS) is 12.0. The van der Waals surface area contributed by atoms with Gasteiger partial charge in [-0.15, -0.1) is 0 Å². The Labute approximate surface area is 146 Å². The molecule has 1 heterocycles. The molecule has 0 spiro atoms. The van der Waals surface area contributed by atoms with E-state index < -0.39 is 34.3 Å². The van der Waals surface area contributed by atoms with E-state index in [1.165, 1.54) is 13.0 Å². The number of rotatable bonds is 6. The largest absolute Gasteiger partial charge is 0.323 e. The van der Waals surface area contributed by atoms with Crippen molar-refractivity contribution < 1.29 is 18.0 Å². The first-order valence-corrected chi connectivity index (χ1v) is 8.41. The molecule has 1 atom stereocenters. The van der Waals surface area contributed by atoms with Crippen molar-refractivity contribution in [3.63, 3.8) is 0 Å². The number of aromatic nitrogens is 2. The zero-order chi connectivity index (χ0) is 18.6. The third-order valence-electron chi connectivity index (χ3n) is 3.23. The third-order valence-corrected chi connectivity index (χ3v) is 4.21. The molecule has 0 fully saturated rings. The summed E-state index contributed by atoms with van der Waals surface area (Å²) in [6, 6.07) is 3.04. The molecule has 5 nitrogen and oxygen atoms in total. The average Bonchev–Trinajstić information content (AvgIpc) is 2.55. The second kappa shape index (κ2) is 8.19. The summed E-state index contributed by atoms with van der Waals surface area (Å²) >= 11 is 0.969. The van der Waals surface area contributed by atoms with E-state index in [1.54, 1.807) is 0 Å². The number of amides is 1. The average molecular weight is 371 g/mol. The lowest BCUT2D eigenvalue weighted by atomic mass is 10.2. The molecule has 1 aromatic carbocycles. The van der Waals surface area contributed by atoms with E-state index in [0.29, 0.717) is 12.1 Å². The molecule has 0 aliphatic rings. The first-order chi connectivity index (χ1) is 11.8. The van der Waals surface area contributed by atoms with Crippen LogP contribution >= 0.6 is 11.8 Å². The number of halogens is 3. The Morgan fingerprint density at radius 2 is 2.04 bits per heavy atom. The van der Waals surface area contributed by atoms with E-state index in [1.807, 2.05) is 6.92 Å². The molecule has 0 aliphatic carbocycles. The van der Waals surface area contributed by atoms with Crippen LogP contribution in [0.4, 0.5) is 18.9 Å². The third kappa shape index (κ3) is 4.85. The number of carbonyl (C=O) groups is 1. The molecule has 2 aromatic rings. The van der Waals surface area contributed by atoms with Crippen LogP contribution in [-0.2, 0) is 11.2 Å². The van der Waals surface area contributed by atoms with E-state index in [4.69, 9.17) is 0 Å². The maximum Gasteiger partial charge on any atom is 0.251 e. The molecule has 25 heavy (non-hydrogen) atoms. The van der Waals surface area contributed by atoms with Crippen LogP contribution < -0.4 is 10.9 Å². The molecular formula is C16H16F3N3O2S. The van der Waals surface area contributed by atoms with Gasteiger partial charge in [-0.05, 0) is 25.5 Å². The van der Waals surface area contributed by atoms with Crippen molar-refractivity contribution in [3.05, 3.63) is 51.7 Å². The minimum Gasteiger partial charge on any atom is -0.323 e. The summed E-state index contributed by atoms with van der Waals surface area (Å²) in [5, 5.41) is 1.69. The highest BCUT2D eigenvalue weighted by Crippen LogP contribution is 2.23. The van der Waals surface area contributed by atoms with Crippen LogP contribution in [0, 0.1) is 17.5 Å². The number of hydrogen-bond donors (Lipinski definition) is 2. The second-order valence-electron chi connectivity index (χ2n) is 5.26. The zero-order valence-electron chi connectivity index (χ0n) is 13.5. The summed E-state index contributed by atoms with van der Waals surface area (Å²) in [5.41, 5.74) is -0.189. The van der Waals surface area contributed by atoms with Crippen LogP contribution in [0.3, 0.4) is 0 Å². The Morgan fingerprint density at radius 1 is 1.32 bits per heavy atom. The number of anilines is 1. The van der Waals surface area contributed by atoms with Gasteiger partial charge in [-0.1, -0.05) is 25.1 Å². The van der Waals surface area contributed by atoms with Crippen LogP contribution in [0.15, 0.2) is 28.2 Å². The number of benzene rings is 1. The molecule has 2 rings (SSSR count). The smallest absolute Gasteiger partial charge is 0.251 e. The Kier molecular flexibility index (Phi) is 6.24. The predicted molar refractivity (Wildman–Crippen MR) is 89.1 cm³/mol. The minimum absolute atomic E-state index is 0.254. The number of hydrogen-bond acceptors (Lipinski definition) is 4. The lowest BCUT2D eigenvalue weighted by Gasteiger charge is -2.12. The molecule has 9 heteroatoms. The van der Waals surface area contributed by atoms with Crippen LogP contribution in [0.1, 0.15) is 26.0 Å². The Balaban J connectivity index is 2.11. The molecule has 0 bridgehead atoms. The van der Waals surface area contributed by atoms with Crippen molar-refractivity contribution in [2.75, 3.05) is 5.32 Å². The number of carbonyl (C=O) groups excluding carboxylic acids is 1. The van der Waals surface area contributed by atoms with Gasteiger partial charge in [0.25, 0.3) is 5.56 Å².